The highest BCUT2D eigenvalue weighted by atomic mass is 32.1. The number of aromatic nitrogens is 2. The summed E-state index contributed by atoms with van der Waals surface area (Å²) in [5, 5.41) is 7.66. The maximum Gasteiger partial charge on any atom is 0.251 e. The molecule has 0 saturated heterocycles. The molecule has 3 aromatic rings. The van der Waals surface area contributed by atoms with Crippen LogP contribution in [0.2, 0.25) is 0 Å². The fourth-order valence-corrected chi connectivity index (χ4v) is 4.62. The van der Waals surface area contributed by atoms with E-state index in [9.17, 15) is 4.79 Å². The second-order valence-corrected chi connectivity index (χ2v) is 8.75. The van der Waals surface area contributed by atoms with Gasteiger partial charge in [0.25, 0.3) is 5.91 Å². The minimum Gasteiger partial charge on any atom is -0.365 e. The van der Waals surface area contributed by atoms with Gasteiger partial charge in [0, 0.05) is 23.0 Å². The Morgan fingerprint density at radius 2 is 1.86 bits per heavy atom. The first-order valence-corrected chi connectivity index (χ1v) is 10.9. The largest absolute Gasteiger partial charge is 0.365 e. The first-order chi connectivity index (χ1) is 13.7. The zero-order chi connectivity index (χ0) is 19.3. The van der Waals surface area contributed by atoms with Gasteiger partial charge in [-0.15, -0.1) is 11.3 Å². The van der Waals surface area contributed by atoms with Gasteiger partial charge < -0.3 is 10.6 Å². The van der Waals surface area contributed by atoms with Crippen molar-refractivity contribution in [2.45, 2.75) is 58.0 Å². The van der Waals surface area contributed by atoms with Crippen LogP contribution in [0.1, 0.15) is 59.3 Å². The molecule has 1 aliphatic rings. The number of nitrogens with zero attached hydrogens (tertiary/aromatic N) is 2. The fourth-order valence-electron chi connectivity index (χ4n) is 3.77. The standard InChI is InChI=1S/C22H26N4OS/c1-15-12-19-20(24-14-25-22(19)28-15)23-13-16-8-10-17(11-9-16)21(27)26-18-6-4-2-3-5-7-18/h8-12,14,18H,2-7,13H2,1H3,(H,26,27)(H,23,24,25). The van der Waals surface area contributed by atoms with Crippen LogP contribution in [0.4, 0.5) is 5.82 Å². The summed E-state index contributed by atoms with van der Waals surface area (Å²) in [6.45, 7) is 2.74. The number of benzene rings is 1. The molecule has 0 spiro atoms. The number of rotatable bonds is 5. The molecule has 0 radical (unpaired) electrons. The van der Waals surface area contributed by atoms with Gasteiger partial charge in [0.2, 0.25) is 0 Å². The first kappa shape index (κ1) is 18.9. The molecule has 6 heteroatoms. The number of fused-ring (bicyclic) bond motifs is 1. The Balaban J connectivity index is 1.37. The van der Waals surface area contributed by atoms with Crippen molar-refractivity contribution < 1.29 is 4.79 Å². The molecule has 1 aliphatic carbocycles. The van der Waals surface area contributed by atoms with Crippen LogP contribution >= 0.6 is 11.3 Å². The van der Waals surface area contributed by atoms with Crippen molar-refractivity contribution >= 4 is 33.3 Å². The summed E-state index contributed by atoms with van der Waals surface area (Å²) in [5.41, 5.74) is 1.84. The molecule has 1 fully saturated rings. The third kappa shape index (κ3) is 4.50. The van der Waals surface area contributed by atoms with Gasteiger partial charge in [0.1, 0.15) is 17.0 Å². The molecule has 4 rings (SSSR count). The molecule has 2 aromatic heterocycles. The van der Waals surface area contributed by atoms with Gasteiger partial charge in [0.05, 0.1) is 5.39 Å². The molecule has 1 saturated carbocycles. The maximum atomic E-state index is 12.5. The summed E-state index contributed by atoms with van der Waals surface area (Å²) < 4.78 is 0. The molecule has 146 valence electrons. The van der Waals surface area contributed by atoms with Crippen LogP contribution in [-0.2, 0) is 6.54 Å². The molecule has 0 aliphatic heterocycles. The Labute approximate surface area is 169 Å². The lowest BCUT2D eigenvalue weighted by atomic mass is 10.1. The van der Waals surface area contributed by atoms with E-state index in [2.05, 4.69) is 33.6 Å². The van der Waals surface area contributed by atoms with E-state index in [1.165, 1.54) is 30.6 Å². The number of aryl methyl sites for hydroxylation is 1. The van der Waals surface area contributed by atoms with Gasteiger partial charge in [-0.1, -0.05) is 37.8 Å². The second kappa shape index (κ2) is 8.69. The van der Waals surface area contributed by atoms with E-state index in [1.807, 2.05) is 24.3 Å². The first-order valence-electron chi connectivity index (χ1n) is 10.0. The monoisotopic (exact) mass is 394 g/mol. The molecule has 1 aromatic carbocycles. The van der Waals surface area contributed by atoms with Gasteiger partial charge in [-0.3, -0.25) is 4.79 Å². The van der Waals surface area contributed by atoms with E-state index < -0.39 is 0 Å². The van der Waals surface area contributed by atoms with Crippen LogP contribution in [0.5, 0.6) is 0 Å². The Morgan fingerprint density at radius 1 is 1.11 bits per heavy atom. The lowest BCUT2D eigenvalue weighted by Gasteiger charge is -2.16. The number of thiophene rings is 1. The van der Waals surface area contributed by atoms with Gasteiger partial charge in [0.15, 0.2) is 0 Å². The third-order valence-electron chi connectivity index (χ3n) is 5.32. The van der Waals surface area contributed by atoms with Gasteiger partial charge in [-0.05, 0) is 43.5 Å². The van der Waals surface area contributed by atoms with Crippen LogP contribution in [0.15, 0.2) is 36.7 Å². The molecular formula is C22H26N4OS. The van der Waals surface area contributed by atoms with Crippen molar-refractivity contribution in [1.82, 2.24) is 15.3 Å². The van der Waals surface area contributed by atoms with Crippen LogP contribution in [0.3, 0.4) is 0 Å². The topological polar surface area (TPSA) is 66.9 Å². The molecular weight excluding hydrogens is 368 g/mol. The van der Waals surface area contributed by atoms with Crippen LogP contribution in [0.25, 0.3) is 10.2 Å². The summed E-state index contributed by atoms with van der Waals surface area (Å²) in [6, 6.07) is 10.3. The number of hydrogen-bond acceptors (Lipinski definition) is 5. The number of nitrogens with one attached hydrogen (secondary N) is 2. The Hall–Kier alpha value is -2.47. The van der Waals surface area contributed by atoms with Crippen molar-refractivity contribution in [1.29, 1.82) is 0 Å². The van der Waals surface area contributed by atoms with Gasteiger partial charge >= 0.3 is 0 Å². The Kier molecular flexibility index (Phi) is 5.86. The van der Waals surface area contributed by atoms with Gasteiger partial charge in [-0.2, -0.15) is 0 Å². The molecule has 0 unspecified atom stereocenters. The van der Waals surface area contributed by atoms with E-state index >= 15 is 0 Å². The molecule has 1 amide bonds. The molecule has 2 heterocycles. The lowest BCUT2D eigenvalue weighted by molar-refractivity contribution is 0.0933. The van der Waals surface area contributed by atoms with Crippen molar-refractivity contribution in [2.24, 2.45) is 0 Å². The molecule has 5 nitrogen and oxygen atoms in total. The Morgan fingerprint density at radius 3 is 2.61 bits per heavy atom. The summed E-state index contributed by atoms with van der Waals surface area (Å²) in [7, 11) is 0. The van der Waals surface area contributed by atoms with Gasteiger partial charge in [-0.25, -0.2) is 9.97 Å². The predicted octanol–water partition coefficient (Wildman–Crippen LogP) is 5.06. The summed E-state index contributed by atoms with van der Waals surface area (Å²) >= 11 is 1.67. The molecule has 28 heavy (non-hydrogen) atoms. The minimum absolute atomic E-state index is 0.0395. The highest BCUT2D eigenvalue weighted by Crippen LogP contribution is 2.27. The van der Waals surface area contributed by atoms with Crippen LogP contribution in [0, 0.1) is 6.92 Å². The van der Waals surface area contributed by atoms with E-state index in [1.54, 1.807) is 17.7 Å². The summed E-state index contributed by atoms with van der Waals surface area (Å²) in [4.78, 5) is 23.4. The summed E-state index contributed by atoms with van der Waals surface area (Å²) in [6.07, 6.45) is 8.81. The normalized spacial score (nSPS) is 15.3. The number of amides is 1. The van der Waals surface area contributed by atoms with E-state index in [0.29, 0.717) is 12.6 Å². The quantitative estimate of drug-likeness (QED) is 0.593. The second-order valence-electron chi connectivity index (χ2n) is 7.51. The molecule has 0 bridgehead atoms. The van der Waals surface area contributed by atoms with Crippen molar-refractivity contribution in [3.8, 4) is 0 Å². The summed E-state index contributed by atoms with van der Waals surface area (Å²) in [5.74, 6) is 0.891. The van der Waals surface area contributed by atoms with Crippen LogP contribution < -0.4 is 10.6 Å². The number of carbonyl (C=O) groups is 1. The highest BCUT2D eigenvalue weighted by molar-refractivity contribution is 7.18. The lowest BCUT2D eigenvalue weighted by Crippen LogP contribution is -2.34. The fraction of sp³-hybridized carbons (Fsp3) is 0.409. The average molecular weight is 395 g/mol. The predicted molar refractivity (Wildman–Crippen MR) is 115 cm³/mol. The minimum atomic E-state index is 0.0395. The van der Waals surface area contributed by atoms with E-state index in [4.69, 9.17) is 0 Å². The number of carbonyl (C=O) groups excluding carboxylic acids is 1. The zero-order valence-electron chi connectivity index (χ0n) is 16.2. The van der Waals surface area contributed by atoms with E-state index in [-0.39, 0.29) is 5.91 Å². The maximum absolute atomic E-state index is 12.5. The number of hydrogen-bond donors (Lipinski definition) is 2. The zero-order valence-corrected chi connectivity index (χ0v) is 17.0. The SMILES string of the molecule is Cc1cc2c(NCc3ccc(C(=O)NC4CCCCCC4)cc3)ncnc2s1. The molecule has 0 atom stereocenters. The average Bonchev–Trinajstić information content (AvgIpc) is 2.91. The van der Waals surface area contributed by atoms with E-state index in [0.717, 1.165) is 40.0 Å². The van der Waals surface area contributed by atoms with Crippen molar-refractivity contribution in [2.75, 3.05) is 5.32 Å². The van der Waals surface area contributed by atoms with Crippen molar-refractivity contribution in [3.05, 3.63) is 52.7 Å². The van der Waals surface area contributed by atoms with Crippen molar-refractivity contribution in [3.63, 3.8) is 0 Å². The smallest absolute Gasteiger partial charge is 0.251 e. The van der Waals surface area contributed by atoms with Crippen LogP contribution in [-0.4, -0.2) is 21.9 Å². The Bertz CT molecular complexity index is 943. The molecule has 2 N–H and O–H groups in total. The number of anilines is 1. The third-order valence-corrected chi connectivity index (χ3v) is 6.28. The highest BCUT2D eigenvalue weighted by Gasteiger charge is 2.15.